The van der Waals surface area contributed by atoms with E-state index in [2.05, 4.69) is 15.2 Å². The normalized spacial score (nSPS) is 18.4. The molecule has 0 spiro atoms. The first-order valence-electron chi connectivity index (χ1n) is 7.68. The summed E-state index contributed by atoms with van der Waals surface area (Å²) < 4.78 is 0. The summed E-state index contributed by atoms with van der Waals surface area (Å²) in [6.07, 6.45) is 6.40. The maximum Gasteiger partial charge on any atom is 0.291 e. The molecular formula is C16H20N4O2. The summed E-state index contributed by atoms with van der Waals surface area (Å²) in [5.74, 6) is 0.535. The van der Waals surface area contributed by atoms with Crippen LogP contribution in [0.15, 0.2) is 30.6 Å². The number of phenols is 1. The highest BCUT2D eigenvalue weighted by Gasteiger charge is 2.28. The second kappa shape index (κ2) is 6.60. The maximum absolute atomic E-state index is 12.5. The summed E-state index contributed by atoms with van der Waals surface area (Å²) in [5, 5.41) is 15.7. The number of hydrogen-bond donors (Lipinski definition) is 2. The molecule has 0 bridgehead atoms. The summed E-state index contributed by atoms with van der Waals surface area (Å²) in [6, 6.07) is 7.50. The average Bonchev–Trinajstić information content (AvgIpc) is 3.08. The van der Waals surface area contributed by atoms with Crippen LogP contribution < -0.4 is 0 Å². The molecule has 1 fully saturated rings. The molecule has 1 aliphatic heterocycles. The van der Waals surface area contributed by atoms with E-state index in [9.17, 15) is 9.90 Å². The zero-order valence-electron chi connectivity index (χ0n) is 12.4. The third kappa shape index (κ3) is 3.27. The van der Waals surface area contributed by atoms with Crippen LogP contribution in [0.3, 0.4) is 0 Å². The lowest BCUT2D eigenvalue weighted by Crippen LogP contribution is -2.44. The number of carbonyl (C=O) groups excluding carboxylic acids is 1. The van der Waals surface area contributed by atoms with Crippen molar-refractivity contribution in [1.82, 2.24) is 20.1 Å². The van der Waals surface area contributed by atoms with Gasteiger partial charge >= 0.3 is 0 Å². The Hall–Kier alpha value is -2.37. The number of aryl methyl sites for hydroxylation is 1. The van der Waals surface area contributed by atoms with Gasteiger partial charge < -0.3 is 10.0 Å². The summed E-state index contributed by atoms with van der Waals surface area (Å²) >= 11 is 0. The van der Waals surface area contributed by atoms with Crippen LogP contribution in [-0.2, 0) is 6.42 Å². The summed E-state index contributed by atoms with van der Waals surface area (Å²) in [5.41, 5.74) is 1.18. The van der Waals surface area contributed by atoms with E-state index in [0.717, 1.165) is 38.6 Å². The molecule has 6 nitrogen and oxygen atoms in total. The molecule has 1 saturated heterocycles. The third-order valence-corrected chi connectivity index (χ3v) is 4.21. The van der Waals surface area contributed by atoms with Gasteiger partial charge in [-0.1, -0.05) is 12.1 Å². The lowest BCUT2D eigenvalue weighted by Gasteiger charge is -2.35. The molecule has 116 valence electrons. The van der Waals surface area contributed by atoms with Gasteiger partial charge in [-0.3, -0.25) is 9.89 Å². The maximum atomic E-state index is 12.5. The van der Waals surface area contributed by atoms with Crippen LogP contribution in [-0.4, -0.2) is 43.7 Å². The fourth-order valence-corrected chi connectivity index (χ4v) is 3.01. The standard InChI is InChI=1S/C16H20N4O2/c21-14-8-5-12(6-9-14)4-7-13-3-1-2-10-20(13)16(22)15-17-11-18-19-15/h5-6,8-9,11,13,21H,1-4,7,10H2,(H,17,18,19). The predicted molar refractivity (Wildman–Crippen MR) is 81.5 cm³/mol. The molecule has 0 radical (unpaired) electrons. The number of rotatable bonds is 4. The van der Waals surface area contributed by atoms with Gasteiger partial charge in [-0.05, 0) is 49.8 Å². The van der Waals surface area contributed by atoms with Crippen LogP contribution in [0.5, 0.6) is 5.75 Å². The Bertz CT molecular complexity index is 610. The average molecular weight is 300 g/mol. The van der Waals surface area contributed by atoms with Crippen molar-refractivity contribution < 1.29 is 9.90 Å². The zero-order chi connectivity index (χ0) is 15.4. The fourth-order valence-electron chi connectivity index (χ4n) is 3.01. The first kappa shape index (κ1) is 14.6. The third-order valence-electron chi connectivity index (χ3n) is 4.21. The fraction of sp³-hybridized carbons (Fsp3) is 0.438. The van der Waals surface area contributed by atoms with Gasteiger partial charge in [-0.2, -0.15) is 5.10 Å². The van der Waals surface area contributed by atoms with Crippen molar-refractivity contribution in [2.24, 2.45) is 0 Å². The Morgan fingerprint density at radius 1 is 1.32 bits per heavy atom. The number of amides is 1. The lowest BCUT2D eigenvalue weighted by atomic mass is 9.95. The van der Waals surface area contributed by atoms with E-state index in [1.54, 1.807) is 12.1 Å². The number of phenolic OH excluding ortho intramolecular Hbond substituents is 1. The van der Waals surface area contributed by atoms with E-state index >= 15 is 0 Å². The Morgan fingerprint density at radius 2 is 2.14 bits per heavy atom. The lowest BCUT2D eigenvalue weighted by molar-refractivity contribution is 0.0590. The highest BCUT2D eigenvalue weighted by Crippen LogP contribution is 2.23. The molecule has 0 saturated carbocycles. The van der Waals surface area contributed by atoms with Gasteiger partial charge in [0, 0.05) is 12.6 Å². The van der Waals surface area contributed by atoms with Crippen molar-refractivity contribution in [3.05, 3.63) is 42.0 Å². The monoisotopic (exact) mass is 300 g/mol. The number of likely N-dealkylation sites (tertiary alicyclic amines) is 1. The largest absolute Gasteiger partial charge is 0.508 e. The molecular weight excluding hydrogens is 280 g/mol. The Balaban J connectivity index is 1.65. The minimum Gasteiger partial charge on any atom is -0.508 e. The van der Waals surface area contributed by atoms with Crippen LogP contribution in [0.1, 0.15) is 41.9 Å². The van der Waals surface area contributed by atoms with Gasteiger partial charge in [0.05, 0.1) is 0 Å². The van der Waals surface area contributed by atoms with Gasteiger partial charge in [0.25, 0.3) is 5.91 Å². The molecule has 0 aliphatic carbocycles. The van der Waals surface area contributed by atoms with Crippen LogP contribution in [0.2, 0.25) is 0 Å². The van der Waals surface area contributed by atoms with E-state index in [1.165, 1.54) is 11.9 Å². The number of aromatic nitrogens is 3. The van der Waals surface area contributed by atoms with Crippen LogP contribution in [0, 0.1) is 0 Å². The quantitative estimate of drug-likeness (QED) is 0.906. The molecule has 2 N–H and O–H groups in total. The molecule has 1 aromatic carbocycles. The summed E-state index contributed by atoms with van der Waals surface area (Å²) in [6.45, 7) is 0.778. The smallest absolute Gasteiger partial charge is 0.291 e. The van der Waals surface area contributed by atoms with E-state index in [4.69, 9.17) is 0 Å². The highest BCUT2D eigenvalue weighted by atomic mass is 16.3. The Labute approximate surface area is 129 Å². The second-order valence-electron chi connectivity index (χ2n) is 5.69. The van der Waals surface area contributed by atoms with Gasteiger partial charge in [-0.15, -0.1) is 0 Å². The first-order chi connectivity index (χ1) is 10.7. The number of piperidine rings is 1. The van der Waals surface area contributed by atoms with Gasteiger partial charge in [0.15, 0.2) is 0 Å². The molecule has 3 rings (SSSR count). The van der Waals surface area contributed by atoms with Crippen LogP contribution in [0.4, 0.5) is 0 Å². The number of hydrogen-bond acceptors (Lipinski definition) is 4. The molecule has 1 amide bonds. The van der Waals surface area contributed by atoms with Crippen molar-refractivity contribution in [2.45, 2.75) is 38.1 Å². The Kier molecular flexibility index (Phi) is 4.37. The minimum atomic E-state index is -0.0621. The van der Waals surface area contributed by atoms with Gasteiger partial charge in [0.2, 0.25) is 5.82 Å². The van der Waals surface area contributed by atoms with Gasteiger partial charge in [0.1, 0.15) is 12.1 Å². The van der Waals surface area contributed by atoms with Crippen LogP contribution >= 0.6 is 0 Å². The summed E-state index contributed by atoms with van der Waals surface area (Å²) in [7, 11) is 0. The SMILES string of the molecule is O=C(c1ncn[nH]1)N1CCCCC1CCc1ccc(O)cc1. The van der Waals surface area contributed by atoms with Crippen molar-refractivity contribution in [2.75, 3.05) is 6.54 Å². The molecule has 2 aromatic rings. The number of H-pyrrole nitrogens is 1. The Morgan fingerprint density at radius 3 is 2.86 bits per heavy atom. The van der Waals surface area contributed by atoms with Crippen molar-refractivity contribution in [3.8, 4) is 5.75 Å². The number of aromatic hydroxyl groups is 1. The number of nitrogens with zero attached hydrogens (tertiary/aromatic N) is 3. The van der Waals surface area contributed by atoms with E-state index in [-0.39, 0.29) is 17.7 Å². The first-order valence-corrected chi connectivity index (χ1v) is 7.68. The van der Waals surface area contributed by atoms with Crippen molar-refractivity contribution >= 4 is 5.91 Å². The van der Waals surface area contributed by atoms with E-state index in [0.29, 0.717) is 5.82 Å². The number of carbonyl (C=O) groups is 1. The summed E-state index contributed by atoms with van der Waals surface area (Å²) in [4.78, 5) is 18.4. The molecule has 22 heavy (non-hydrogen) atoms. The molecule has 6 heteroatoms. The van der Waals surface area contributed by atoms with E-state index < -0.39 is 0 Å². The van der Waals surface area contributed by atoms with Crippen LogP contribution in [0.25, 0.3) is 0 Å². The zero-order valence-corrected chi connectivity index (χ0v) is 12.4. The highest BCUT2D eigenvalue weighted by molar-refractivity contribution is 5.90. The van der Waals surface area contributed by atoms with E-state index in [1.807, 2.05) is 17.0 Å². The number of nitrogens with one attached hydrogen (secondary N) is 1. The minimum absolute atomic E-state index is 0.0621. The predicted octanol–water partition coefficient (Wildman–Crippen LogP) is 2.14. The molecule has 1 aromatic heterocycles. The molecule has 1 atom stereocenters. The second-order valence-corrected chi connectivity index (χ2v) is 5.69. The van der Waals surface area contributed by atoms with Crippen molar-refractivity contribution in [1.29, 1.82) is 0 Å². The molecule has 1 unspecified atom stereocenters. The number of aromatic amines is 1. The molecule has 2 heterocycles. The topological polar surface area (TPSA) is 82.1 Å². The molecule has 1 aliphatic rings. The van der Waals surface area contributed by atoms with Crippen molar-refractivity contribution in [3.63, 3.8) is 0 Å². The van der Waals surface area contributed by atoms with Gasteiger partial charge in [-0.25, -0.2) is 4.98 Å². The number of benzene rings is 1.